The molecule has 1 aromatic rings. The highest BCUT2D eigenvalue weighted by Crippen LogP contribution is 2.14. The van der Waals surface area contributed by atoms with Crippen LogP contribution in [0.25, 0.3) is 0 Å². The van der Waals surface area contributed by atoms with Crippen LogP contribution in [0.5, 0.6) is 0 Å². The summed E-state index contributed by atoms with van der Waals surface area (Å²) in [7, 11) is 0. The summed E-state index contributed by atoms with van der Waals surface area (Å²) in [4.78, 5) is 26.3. The van der Waals surface area contributed by atoms with Crippen molar-refractivity contribution in [3.63, 3.8) is 0 Å². The number of amides is 2. The SMILES string of the molecule is Cc1cccc(C(=O)N2CCCC(CO)CCNC(=O)CC2)c1. The molecule has 2 rings (SSSR count). The Morgan fingerprint density at radius 2 is 2.17 bits per heavy atom. The lowest BCUT2D eigenvalue weighted by Crippen LogP contribution is -2.35. The number of hydrogen-bond acceptors (Lipinski definition) is 3. The molecule has 1 saturated heterocycles. The lowest BCUT2D eigenvalue weighted by molar-refractivity contribution is -0.121. The molecule has 1 unspecified atom stereocenters. The highest BCUT2D eigenvalue weighted by Gasteiger charge is 2.19. The zero-order valence-corrected chi connectivity index (χ0v) is 13.8. The molecular weight excluding hydrogens is 292 g/mol. The second kappa shape index (κ2) is 8.67. The van der Waals surface area contributed by atoms with Gasteiger partial charge in [0.05, 0.1) is 0 Å². The molecule has 2 N–H and O–H groups in total. The van der Waals surface area contributed by atoms with Crippen molar-refractivity contribution in [1.29, 1.82) is 0 Å². The molecule has 126 valence electrons. The van der Waals surface area contributed by atoms with Crippen LogP contribution < -0.4 is 5.32 Å². The molecule has 0 aromatic heterocycles. The molecule has 1 aliphatic heterocycles. The minimum absolute atomic E-state index is 0.0266. The van der Waals surface area contributed by atoms with Crippen LogP contribution in [0, 0.1) is 12.8 Å². The highest BCUT2D eigenvalue weighted by molar-refractivity contribution is 5.94. The van der Waals surface area contributed by atoms with Gasteiger partial charge in [-0.1, -0.05) is 17.7 Å². The summed E-state index contributed by atoms with van der Waals surface area (Å²) < 4.78 is 0. The van der Waals surface area contributed by atoms with Gasteiger partial charge in [0.25, 0.3) is 5.91 Å². The first kappa shape index (κ1) is 17.5. The Bertz CT molecular complexity index is 545. The topological polar surface area (TPSA) is 69.6 Å². The van der Waals surface area contributed by atoms with Crippen LogP contribution >= 0.6 is 0 Å². The molecule has 1 heterocycles. The van der Waals surface area contributed by atoms with Crippen LogP contribution in [0.2, 0.25) is 0 Å². The fourth-order valence-electron chi connectivity index (χ4n) is 2.91. The lowest BCUT2D eigenvalue weighted by atomic mass is 10.00. The average molecular weight is 318 g/mol. The summed E-state index contributed by atoms with van der Waals surface area (Å²) in [6, 6.07) is 7.54. The van der Waals surface area contributed by atoms with Crippen molar-refractivity contribution in [1.82, 2.24) is 10.2 Å². The number of nitrogens with zero attached hydrogens (tertiary/aromatic N) is 1. The van der Waals surface area contributed by atoms with Gasteiger partial charge in [0.2, 0.25) is 5.91 Å². The van der Waals surface area contributed by atoms with E-state index in [-0.39, 0.29) is 24.3 Å². The van der Waals surface area contributed by atoms with E-state index in [1.54, 1.807) is 4.90 Å². The third-order valence-electron chi connectivity index (χ3n) is 4.33. The Kier molecular flexibility index (Phi) is 6.59. The van der Waals surface area contributed by atoms with Gasteiger partial charge >= 0.3 is 0 Å². The van der Waals surface area contributed by atoms with E-state index in [9.17, 15) is 14.7 Å². The standard InChI is InChI=1S/C18H26N2O3/c1-14-4-2-6-16(12-14)18(23)20-10-3-5-15(13-21)7-9-19-17(22)8-11-20/h2,4,6,12,15,21H,3,5,7-11,13H2,1H3,(H,19,22). The molecule has 1 aromatic carbocycles. The molecule has 2 amide bonds. The number of benzene rings is 1. The minimum atomic E-state index is -0.0365. The van der Waals surface area contributed by atoms with Gasteiger partial charge in [-0.05, 0) is 44.2 Å². The zero-order chi connectivity index (χ0) is 16.7. The molecule has 5 nitrogen and oxygen atoms in total. The molecule has 5 heteroatoms. The van der Waals surface area contributed by atoms with E-state index in [1.807, 2.05) is 31.2 Å². The zero-order valence-electron chi connectivity index (χ0n) is 13.8. The number of aryl methyl sites for hydroxylation is 1. The minimum Gasteiger partial charge on any atom is -0.396 e. The molecule has 0 spiro atoms. The molecule has 23 heavy (non-hydrogen) atoms. The number of carbonyl (C=O) groups excluding carboxylic acids is 2. The molecule has 0 radical (unpaired) electrons. The summed E-state index contributed by atoms with van der Waals surface area (Å²) >= 11 is 0. The first-order valence-corrected chi connectivity index (χ1v) is 8.33. The lowest BCUT2D eigenvalue weighted by Gasteiger charge is -2.23. The van der Waals surface area contributed by atoms with Crippen molar-refractivity contribution >= 4 is 11.8 Å². The van der Waals surface area contributed by atoms with Gasteiger partial charge in [-0.25, -0.2) is 0 Å². The van der Waals surface area contributed by atoms with Gasteiger partial charge in [-0.15, -0.1) is 0 Å². The number of hydrogen-bond donors (Lipinski definition) is 2. The molecule has 1 aliphatic rings. The molecule has 1 atom stereocenters. The maximum absolute atomic E-state index is 12.7. The smallest absolute Gasteiger partial charge is 0.253 e. The van der Waals surface area contributed by atoms with Gasteiger partial charge in [0.1, 0.15) is 0 Å². The Labute approximate surface area is 137 Å². The maximum atomic E-state index is 12.7. The average Bonchev–Trinajstić information content (AvgIpc) is 2.59. The predicted octanol–water partition coefficient (Wildman–Crippen LogP) is 1.74. The summed E-state index contributed by atoms with van der Waals surface area (Å²) in [5, 5.41) is 12.3. The molecule has 1 fully saturated rings. The van der Waals surface area contributed by atoms with E-state index in [4.69, 9.17) is 0 Å². The van der Waals surface area contributed by atoms with E-state index < -0.39 is 0 Å². The van der Waals surface area contributed by atoms with Crippen molar-refractivity contribution in [2.75, 3.05) is 26.2 Å². The van der Waals surface area contributed by atoms with Crippen LogP contribution in [0.1, 0.15) is 41.6 Å². The van der Waals surface area contributed by atoms with E-state index in [0.717, 1.165) is 24.8 Å². The highest BCUT2D eigenvalue weighted by atomic mass is 16.3. The number of aliphatic hydroxyl groups excluding tert-OH is 1. The summed E-state index contributed by atoms with van der Waals surface area (Å²) in [5.74, 6) is 0.122. The van der Waals surface area contributed by atoms with Crippen LogP contribution in [0.15, 0.2) is 24.3 Å². The van der Waals surface area contributed by atoms with E-state index >= 15 is 0 Å². The first-order chi connectivity index (χ1) is 11.1. The normalized spacial score (nSPS) is 20.5. The first-order valence-electron chi connectivity index (χ1n) is 8.33. The van der Waals surface area contributed by atoms with Crippen LogP contribution in [0.4, 0.5) is 0 Å². The Balaban J connectivity index is 2.08. The van der Waals surface area contributed by atoms with E-state index in [1.165, 1.54) is 0 Å². The Morgan fingerprint density at radius 1 is 1.35 bits per heavy atom. The van der Waals surface area contributed by atoms with Crippen LogP contribution in [-0.4, -0.2) is 48.1 Å². The van der Waals surface area contributed by atoms with Crippen molar-refractivity contribution in [3.05, 3.63) is 35.4 Å². The van der Waals surface area contributed by atoms with Crippen molar-refractivity contribution in [3.8, 4) is 0 Å². The van der Waals surface area contributed by atoms with Crippen molar-refractivity contribution < 1.29 is 14.7 Å². The van der Waals surface area contributed by atoms with Crippen molar-refractivity contribution in [2.45, 2.75) is 32.6 Å². The number of carbonyl (C=O) groups is 2. The molecule has 0 aliphatic carbocycles. The Hall–Kier alpha value is -1.88. The maximum Gasteiger partial charge on any atom is 0.253 e. The third-order valence-corrected chi connectivity index (χ3v) is 4.33. The van der Waals surface area contributed by atoms with E-state index in [2.05, 4.69) is 5.32 Å². The fraction of sp³-hybridized carbons (Fsp3) is 0.556. The number of nitrogens with one attached hydrogen (secondary N) is 1. The van der Waals surface area contributed by atoms with Gasteiger partial charge in [0, 0.05) is 38.2 Å². The second-order valence-electron chi connectivity index (χ2n) is 6.24. The molecule has 0 saturated carbocycles. The molecular formula is C18H26N2O3. The number of aliphatic hydroxyl groups is 1. The van der Waals surface area contributed by atoms with Gasteiger partial charge < -0.3 is 15.3 Å². The number of rotatable bonds is 2. The summed E-state index contributed by atoms with van der Waals surface area (Å²) in [6.07, 6.45) is 2.82. The second-order valence-corrected chi connectivity index (χ2v) is 6.24. The monoisotopic (exact) mass is 318 g/mol. The van der Waals surface area contributed by atoms with Gasteiger partial charge in [-0.3, -0.25) is 9.59 Å². The van der Waals surface area contributed by atoms with Crippen molar-refractivity contribution in [2.24, 2.45) is 5.92 Å². The largest absolute Gasteiger partial charge is 0.396 e. The summed E-state index contributed by atoms with van der Waals surface area (Å²) in [6.45, 7) is 3.74. The van der Waals surface area contributed by atoms with Crippen LogP contribution in [-0.2, 0) is 4.79 Å². The third kappa shape index (κ3) is 5.36. The summed E-state index contributed by atoms with van der Waals surface area (Å²) in [5.41, 5.74) is 1.71. The predicted molar refractivity (Wildman–Crippen MR) is 89.1 cm³/mol. The molecule has 0 bridgehead atoms. The van der Waals surface area contributed by atoms with Crippen LogP contribution in [0.3, 0.4) is 0 Å². The Morgan fingerprint density at radius 3 is 2.91 bits per heavy atom. The quantitative estimate of drug-likeness (QED) is 0.872. The van der Waals surface area contributed by atoms with E-state index in [0.29, 0.717) is 31.6 Å². The fourth-order valence-corrected chi connectivity index (χ4v) is 2.91. The van der Waals surface area contributed by atoms with Gasteiger partial charge in [0.15, 0.2) is 0 Å². The van der Waals surface area contributed by atoms with Gasteiger partial charge in [-0.2, -0.15) is 0 Å².